The summed E-state index contributed by atoms with van der Waals surface area (Å²) in [5.41, 5.74) is 1.07. The lowest BCUT2D eigenvalue weighted by Crippen LogP contribution is -2.48. The summed E-state index contributed by atoms with van der Waals surface area (Å²) in [5.74, 6) is 0.709. The summed E-state index contributed by atoms with van der Waals surface area (Å²) in [5, 5.41) is 6.66. The van der Waals surface area contributed by atoms with Crippen molar-refractivity contribution < 1.29 is 9.53 Å². The predicted octanol–water partition coefficient (Wildman–Crippen LogP) is 3.57. The number of esters is 1. The average molecular weight is 421 g/mol. The number of ether oxygens (including phenoxy) is 1. The normalized spacial score (nSPS) is 17.6. The van der Waals surface area contributed by atoms with Crippen molar-refractivity contribution in [1.29, 1.82) is 0 Å². The topological polar surface area (TPSA) is 66.8 Å². The van der Waals surface area contributed by atoms with Gasteiger partial charge in [0.15, 0.2) is 5.96 Å². The number of nitrogens with zero attached hydrogens (tertiary/aromatic N) is 3. The molecule has 0 spiro atoms. The first-order chi connectivity index (χ1) is 13.6. The molecule has 0 amide bonds. The van der Waals surface area contributed by atoms with Crippen molar-refractivity contribution in [3.63, 3.8) is 0 Å². The van der Waals surface area contributed by atoms with Crippen LogP contribution in [0.25, 0.3) is 10.6 Å². The standard InChI is InChI=1S/C20H28N4O2S2/c1-4-26-19(25)15-6-5-11-24(12-15)20(21-3)22-10-9-16-7-8-18(28-16)17-13-27-14(2)23-17/h7-8,13,15H,4-6,9-12H2,1-3H3,(H,21,22)/t15-/m1/s1. The Bertz CT molecular complexity index is 815. The Kier molecular flexibility index (Phi) is 7.44. The van der Waals surface area contributed by atoms with E-state index in [1.165, 1.54) is 9.75 Å². The van der Waals surface area contributed by atoms with E-state index in [2.05, 4.69) is 37.7 Å². The number of rotatable bonds is 6. The third-order valence-electron chi connectivity index (χ3n) is 4.74. The smallest absolute Gasteiger partial charge is 0.310 e. The van der Waals surface area contributed by atoms with Crippen LogP contribution in [0.3, 0.4) is 0 Å². The molecule has 0 unspecified atom stereocenters. The zero-order valence-electron chi connectivity index (χ0n) is 16.7. The fourth-order valence-corrected chi connectivity index (χ4v) is 5.03. The lowest BCUT2D eigenvalue weighted by atomic mass is 9.98. The number of aliphatic imine (C=N–C) groups is 1. The molecule has 1 N–H and O–H groups in total. The number of aromatic nitrogens is 1. The predicted molar refractivity (Wildman–Crippen MR) is 116 cm³/mol. The van der Waals surface area contributed by atoms with Crippen LogP contribution in [0.2, 0.25) is 0 Å². The second-order valence-corrected chi connectivity index (χ2v) is 9.01. The summed E-state index contributed by atoms with van der Waals surface area (Å²) >= 11 is 3.48. The van der Waals surface area contributed by atoms with Crippen LogP contribution in [0.5, 0.6) is 0 Å². The number of likely N-dealkylation sites (tertiary alicyclic amines) is 1. The Morgan fingerprint density at radius 2 is 2.32 bits per heavy atom. The largest absolute Gasteiger partial charge is 0.466 e. The van der Waals surface area contributed by atoms with Gasteiger partial charge in [-0.1, -0.05) is 0 Å². The molecule has 28 heavy (non-hydrogen) atoms. The minimum Gasteiger partial charge on any atom is -0.466 e. The quantitative estimate of drug-likeness (QED) is 0.440. The van der Waals surface area contributed by atoms with E-state index in [1.54, 1.807) is 29.7 Å². The van der Waals surface area contributed by atoms with E-state index in [-0.39, 0.29) is 11.9 Å². The molecule has 1 fully saturated rings. The molecule has 0 aliphatic carbocycles. The van der Waals surface area contributed by atoms with E-state index in [1.807, 2.05) is 13.8 Å². The molecule has 0 saturated carbocycles. The van der Waals surface area contributed by atoms with Crippen molar-refractivity contribution >= 4 is 34.6 Å². The highest BCUT2D eigenvalue weighted by molar-refractivity contribution is 7.16. The van der Waals surface area contributed by atoms with Crippen molar-refractivity contribution in [1.82, 2.24) is 15.2 Å². The van der Waals surface area contributed by atoms with Gasteiger partial charge in [0.2, 0.25) is 0 Å². The molecule has 0 bridgehead atoms. The van der Waals surface area contributed by atoms with Gasteiger partial charge in [-0.05, 0) is 45.2 Å². The number of piperidine rings is 1. The molecule has 3 heterocycles. The number of aryl methyl sites for hydroxylation is 1. The highest BCUT2D eigenvalue weighted by Gasteiger charge is 2.28. The summed E-state index contributed by atoms with van der Waals surface area (Å²) in [4.78, 5) is 25.8. The molecule has 1 saturated heterocycles. The first-order valence-electron chi connectivity index (χ1n) is 9.74. The zero-order valence-corrected chi connectivity index (χ0v) is 18.4. The van der Waals surface area contributed by atoms with Crippen LogP contribution in [0, 0.1) is 12.8 Å². The average Bonchev–Trinajstić information content (AvgIpc) is 3.34. The number of nitrogens with one attached hydrogen (secondary N) is 1. The van der Waals surface area contributed by atoms with E-state index in [9.17, 15) is 4.79 Å². The van der Waals surface area contributed by atoms with Gasteiger partial charge in [-0.3, -0.25) is 9.79 Å². The fraction of sp³-hybridized carbons (Fsp3) is 0.550. The Morgan fingerprint density at radius 1 is 1.46 bits per heavy atom. The Hall–Kier alpha value is -1.93. The SMILES string of the molecule is CCOC(=O)[C@@H]1CCCN(C(=NC)NCCc2ccc(-c3csc(C)n3)s2)C1. The summed E-state index contributed by atoms with van der Waals surface area (Å²) < 4.78 is 5.19. The molecular formula is C20H28N4O2S2. The number of carbonyl (C=O) groups is 1. The van der Waals surface area contributed by atoms with Gasteiger partial charge in [-0.25, -0.2) is 4.98 Å². The molecule has 6 nitrogen and oxygen atoms in total. The van der Waals surface area contributed by atoms with Crippen LogP contribution >= 0.6 is 22.7 Å². The maximum absolute atomic E-state index is 12.1. The molecular weight excluding hydrogens is 392 g/mol. The number of hydrogen-bond acceptors (Lipinski definition) is 6. The third kappa shape index (κ3) is 5.32. The zero-order chi connectivity index (χ0) is 19.9. The van der Waals surface area contributed by atoms with Crippen molar-refractivity contribution in [2.45, 2.75) is 33.1 Å². The summed E-state index contributed by atoms with van der Waals surface area (Å²) in [7, 11) is 1.80. The number of thiazole rings is 1. The van der Waals surface area contributed by atoms with Crippen LogP contribution in [0.15, 0.2) is 22.5 Å². The minimum absolute atomic E-state index is 0.0614. The van der Waals surface area contributed by atoms with E-state index in [4.69, 9.17) is 4.74 Å². The molecule has 8 heteroatoms. The van der Waals surface area contributed by atoms with Crippen LogP contribution in [-0.4, -0.2) is 55.1 Å². The molecule has 1 aliphatic rings. The molecule has 3 rings (SSSR count). The van der Waals surface area contributed by atoms with Gasteiger partial charge in [0.1, 0.15) is 0 Å². The molecule has 0 aromatic carbocycles. The van der Waals surface area contributed by atoms with Crippen LogP contribution in [0.4, 0.5) is 0 Å². The molecule has 2 aromatic rings. The van der Waals surface area contributed by atoms with E-state index < -0.39 is 0 Å². The lowest BCUT2D eigenvalue weighted by molar-refractivity contribution is -0.149. The van der Waals surface area contributed by atoms with Gasteiger partial charge in [0.05, 0.1) is 28.1 Å². The molecule has 1 atom stereocenters. The number of guanidine groups is 1. The Balaban J connectivity index is 1.50. The number of carbonyl (C=O) groups excluding carboxylic acids is 1. The van der Waals surface area contributed by atoms with E-state index in [0.29, 0.717) is 13.2 Å². The molecule has 1 aliphatic heterocycles. The second kappa shape index (κ2) is 10.0. The van der Waals surface area contributed by atoms with E-state index in [0.717, 1.165) is 49.0 Å². The van der Waals surface area contributed by atoms with Crippen molar-refractivity contribution in [2.75, 3.05) is 33.3 Å². The number of thiophene rings is 1. The lowest BCUT2D eigenvalue weighted by Gasteiger charge is -2.33. The maximum atomic E-state index is 12.1. The van der Waals surface area contributed by atoms with Crippen LogP contribution in [0.1, 0.15) is 29.7 Å². The highest BCUT2D eigenvalue weighted by atomic mass is 32.1. The molecule has 152 valence electrons. The Labute approximate surface area is 174 Å². The maximum Gasteiger partial charge on any atom is 0.310 e. The second-order valence-electron chi connectivity index (χ2n) is 6.78. The third-order valence-corrected chi connectivity index (χ3v) is 6.68. The van der Waals surface area contributed by atoms with E-state index >= 15 is 0 Å². The highest BCUT2D eigenvalue weighted by Crippen LogP contribution is 2.29. The summed E-state index contributed by atoms with van der Waals surface area (Å²) in [6, 6.07) is 4.33. The summed E-state index contributed by atoms with van der Waals surface area (Å²) in [6.07, 6.45) is 2.80. The van der Waals surface area contributed by atoms with Gasteiger partial charge in [-0.2, -0.15) is 0 Å². The fourth-order valence-electron chi connectivity index (χ4n) is 3.38. The van der Waals surface area contributed by atoms with Gasteiger partial charge in [0.25, 0.3) is 0 Å². The summed E-state index contributed by atoms with van der Waals surface area (Å²) in [6.45, 7) is 6.72. The molecule has 2 aromatic heterocycles. The number of hydrogen-bond donors (Lipinski definition) is 1. The van der Waals surface area contributed by atoms with Crippen molar-refractivity contribution in [3.05, 3.63) is 27.4 Å². The first kappa shape index (κ1) is 20.8. The van der Waals surface area contributed by atoms with Crippen LogP contribution in [-0.2, 0) is 16.0 Å². The minimum atomic E-state index is -0.0916. The molecule has 0 radical (unpaired) electrons. The van der Waals surface area contributed by atoms with Gasteiger partial charge in [-0.15, -0.1) is 22.7 Å². The monoisotopic (exact) mass is 420 g/mol. The van der Waals surface area contributed by atoms with Gasteiger partial charge >= 0.3 is 5.97 Å². The van der Waals surface area contributed by atoms with Crippen molar-refractivity contribution in [2.24, 2.45) is 10.9 Å². The Morgan fingerprint density at radius 3 is 3.04 bits per heavy atom. The van der Waals surface area contributed by atoms with Gasteiger partial charge < -0.3 is 15.0 Å². The first-order valence-corrected chi connectivity index (χ1v) is 11.4. The van der Waals surface area contributed by atoms with Gasteiger partial charge in [0, 0.05) is 36.9 Å². The van der Waals surface area contributed by atoms with Crippen LogP contribution < -0.4 is 5.32 Å². The van der Waals surface area contributed by atoms with Crippen molar-refractivity contribution in [3.8, 4) is 10.6 Å².